The fourth-order valence-corrected chi connectivity index (χ4v) is 6.75. The molecule has 1 saturated carbocycles. The van der Waals surface area contributed by atoms with Crippen molar-refractivity contribution in [3.63, 3.8) is 0 Å². The molecule has 0 amide bonds. The number of hydrogen-bond donors (Lipinski definition) is 1. The molecular weight excluding hydrogens is 494 g/mol. The Labute approximate surface area is 188 Å². The van der Waals surface area contributed by atoms with E-state index in [4.69, 9.17) is 11.6 Å². The Balaban J connectivity index is 1.74. The zero-order chi connectivity index (χ0) is 24.1. The Morgan fingerprint density at radius 1 is 0.969 bits per heavy atom. The molecule has 1 N–H and O–H groups in total. The van der Waals surface area contributed by atoms with Crippen molar-refractivity contribution in [3.8, 4) is 0 Å². The highest BCUT2D eigenvalue weighted by atomic mass is 35.5. The lowest BCUT2D eigenvalue weighted by molar-refractivity contribution is -0.137. The van der Waals surface area contributed by atoms with E-state index < -0.39 is 59.0 Å². The molecule has 0 atom stereocenters. The van der Waals surface area contributed by atoms with Crippen LogP contribution in [0.4, 0.5) is 17.6 Å². The van der Waals surface area contributed by atoms with E-state index in [0.717, 1.165) is 36.4 Å². The van der Waals surface area contributed by atoms with Crippen LogP contribution in [0.3, 0.4) is 0 Å². The van der Waals surface area contributed by atoms with E-state index in [0.29, 0.717) is 6.07 Å². The van der Waals surface area contributed by atoms with Crippen LogP contribution in [0, 0.1) is 11.7 Å². The smallest absolute Gasteiger partial charge is 0.223 e. The van der Waals surface area contributed by atoms with Crippen molar-refractivity contribution < 1.29 is 34.4 Å². The third-order valence-corrected chi connectivity index (χ3v) is 10.2. The Hall–Kier alpha value is -1.69. The summed E-state index contributed by atoms with van der Waals surface area (Å²) < 4.78 is 105. The van der Waals surface area contributed by atoms with Gasteiger partial charge in [0.05, 0.1) is 25.1 Å². The number of nitrogens with one attached hydrogen (secondary N) is 1. The zero-order valence-electron chi connectivity index (χ0n) is 16.9. The fraction of sp³-hybridized carbons (Fsp3) is 0.400. The van der Waals surface area contributed by atoms with Crippen molar-refractivity contribution in [2.75, 3.05) is 0 Å². The van der Waals surface area contributed by atoms with Gasteiger partial charge in [0.2, 0.25) is 10.0 Å². The molecule has 1 fully saturated rings. The van der Waals surface area contributed by atoms with Gasteiger partial charge in [0.15, 0.2) is 9.84 Å². The van der Waals surface area contributed by atoms with E-state index in [9.17, 15) is 34.4 Å². The van der Waals surface area contributed by atoms with Crippen LogP contribution < -0.4 is 4.72 Å². The summed E-state index contributed by atoms with van der Waals surface area (Å²) in [6.45, 7) is 2.82. The summed E-state index contributed by atoms with van der Waals surface area (Å²) in [7, 11) is -8.21. The van der Waals surface area contributed by atoms with Crippen molar-refractivity contribution in [1.82, 2.24) is 4.72 Å². The van der Waals surface area contributed by atoms with Gasteiger partial charge in [-0.3, -0.25) is 0 Å². The number of halogens is 5. The van der Waals surface area contributed by atoms with Gasteiger partial charge in [0.25, 0.3) is 0 Å². The normalized spacial score (nSPS) is 20.1. The van der Waals surface area contributed by atoms with E-state index in [1.807, 2.05) is 0 Å². The van der Waals surface area contributed by atoms with Gasteiger partial charge in [-0.05, 0) is 69.0 Å². The maximum atomic E-state index is 13.6. The second kappa shape index (κ2) is 8.27. The molecule has 0 saturated heterocycles. The van der Waals surface area contributed by atoms with Crippen LogP contribution in [0.2, 0.25) is 5.02 Å². The van der Waals surface area contributed by atoms with E-state index in [1.54, 1.807) is 0 Å². The SMILES string of the molecule is CC(C)([C@H]1C[C@@H](NS(=O)(=O)c2ccc(Cl)c(F)c2)C1)S(=O)(=O)c1cccc(C(F)(F)F)c1. The van der Waals surface area contributed by atoms with Gasteiger partial charge in [-0.25, -0.2) is 25.9 Å². The number of alkyl halides is 3. The quantitative estimate of drug-likeness (QED) is 0.562. The highest BCUT2D eigenvalue weighted by Gasteiger charge is 2.49. The van der Waals surface area contributed by atoms with Gasteiger partial charge >= 0.3 is 6.18 Å². The molecule has 0 aromatic heterocycles. The second-order valence-electron chi connectivity index (χ2n) is 8.19. The average Bonchev–Trinajstić information content (AvgIpc) is 2.65. The summed E-state index contributed by atoms with van der Waals surface area (Å²) in [6, 6.07) is 5.98. The minimum Gasteiger partial charge on any atom is -0.223 e. The van der Waals surface area contributed by atoms with E-state index in [2.05, 4.69) is 4.72 Å². The van der Waals surface area contributed by atoms with Gasteiger partial charge in [-0.2, -0.15) is 13.2 Å². The number of hydrogen-bond acceptors (Lipinski definition) is 4. The number of sulfone groups is 1. The monoisotopic (exact) mass is 513 g/mol. The van der Waals surface area contributed by atoms with Crippen LogP contribution in [0.1, 0.15) is 32.3 Å². The first-order chi connectivity index (χ1) is 14.6. The largest absolute Gasteiger partial charge is 0.416 e. The highest BCUT2D eigenvalue weighted by molar-refractivity contribution is 7.92. The number of sulfonamides is 1. The molecule has 3 rings (SSSR count). The Bertz CT molecular complexity index is 1240. The predicted octanol–water partition coefficient (Wildman–Crippen LogP) is 4.81. The molecule has 176 valence electrons. The molecule has 0 unspecified atom stereocenters. The van der Waals surface area contributed by atoms with Gasteiger partial charge in [0.1, 0.15) is 5.82 Å². The molecule has 0 radical (unpaired) electrons. The second-order valence-corrected chi connectivity index (χ2v) is 12.8. The predicted molar refractivity (Wildman–Crippen MR) is 111 cm³/mol. The average molecular weight is 514 g/mol. The maximum absolute atomic E-state index is 13.6. The van der Waals surface area contributed by atoms with Crippen molar-refractivity contribution in [3.05, 3.63) is 58.9 Å². The summed E-state index contributed by atoms with van der Waals surface area (Å²) in [5.41, 5.74) is -1.07. The lowest BCUT2D eigenvalue weighted by Gasteiger charge is -2.44. The first-order valence-corrected chi connectivity index (χ1v) is 12.8. The molecule has 1 aliphatic rings. The third-order valence-electron chi connectivity index (χ3n) is 5.81. The molecule has 2 aromatic carbocycles. The third kappa shape index (κ3) is 4.66. The molecular formula is C20H20ClF4NO4S2. The highest BCUT2D eigenvalue weighted by Crippen LogP contribution is 2.44. The van der Waals surface area contributed by atoms with Crippen molar-refractivity contribution in [1.29, 1.82) is 0 Å². The molecule has 5 nitrogen and oxygen atoms in total. The van der Waals surface area contributed by atoms with Crippen molar-refractivity contribution in [2.24, 2.45) is 5.92 Å². The van der Waals surface area contributed by atoms with Crippen LogP contribution in [0.25, 0.3) is 0 Å². The Kier molecular flexibility index (Phi) is 6.44. The molecule has 1 aliphatic carbocycles. The number of rotatable bonds is 6. The van der Waals surface area contributed by atoms with Crippen LogP contribution in [0.15, 0.2) is 52.3 Å². The Morgan fingerprint density at radius 2 is 1.59 bits per heavy atom. The maximum Gasteiger partial charge on any atom is 0.416 e. The van der Waals surface area contributed by atoms with Crippen LogP contribution >= 0.6 is 11.6 Å². The standard InChI is InChI=1S/C20H20ClF4NO4S2/c1-19(2,31(27,28)15-5-3-4-12(10-15)20(23,24)25)13-8-14(9-13)26-32(29,30)16-6-7-17(21)18(22)11-16/h3-7,10-11,13-14,26H,8-9H2,1-2H3/t13-,14+. The molecule has 12 heteroatoms. The summed E-state index contributed by atoms with van der Waals surface area (Å²) in [6.07, 6.45) is -4.38. The van der Waals surface area contributed by atoms with E-state index >= 15 is 0 Å². The summed E-state index contributed by atoms with van der Waals surface area (Å²) in [5.74, 6) is -1.40. The molecule has 0 bridgehead atoms. The topological polar surface area (TPSA) is 80.3 Å². The number of benzene rings is 2. The van der Waals surface area contributed by atoms with Gasteiger partial charge < -0.3 is 0 Å². The molecule has 0 spiro atoms. The first kappa shape index (κ1) is 24.9. The molecule has 32 heavy (non-hydrogen) atoms. The van der Waals surface area contributed by atoms with Crippen molar-refractivity contribution in [2.45, 2.75) is 53.4 Å². The lowest BCUT2D eigenvalue weighted by Crippen LogP contribution is -2.53. The summed E-state index contributed by atoms with van der Waals surface area (Å²) in [4.78, 5) is -0.767. The van der Waals surface area contributed by atoms with Crippen molar-refractivity contribution >= 4 is 31.5 Å². The molecule has 2 aromatic rings. The Morgan fingerprint density at radius 3 is 2.16 bits per heavy atom. The molecule has 0 heterocycles. The minimum atomic E-state index is -4.68. The van der Waals surface area contributed by atoms with Gasteiger partial charge in [0, 0.05) is 6.04 Å². The van der Waals surface area contributed by atoms with E-state index in [1.165, 1.54) is 13.8 Å². The first-order valence-electron chi connectivity index (χ1n) is 9.45. The van der Waals surface area contributed by atoms with E-state index in [-0.39, 0.29) is 22.8 Å². The lowest BCUT2D eigenvalue weighted by atomic mass is 9.73. The summed E-state index contributed by atoms with van der Waals surface area (Å²) >= 11 is 5.56. The minimum absolute atomic E-state index is 0.153. The molecule has 0 aliphatic heterocycles. The van der Waals surface area contributed by atoms with Crippen LogP contribution in [-0.4, -0.2) is 27.6 Å². The fourth-order valence-electron chi connectivity index (χ4n) is 3.58. The van der Waals surface area contributed by atoms with Crippen LogP contribution in [-0.2, 0) is 26.0 Å². The zero-order valence-corrected chi connectivity index (χ0v) is 19.3. The van der Waals surface area contributed by atoms with Crippen LogP contribution in [0.5, 0.6) is 0 Å². The summed E-state index contributed by atoms with van der Waals surface area (Å²) in [5, 5.41) is -0.228. The van der Waals surface area contributed by atoms with Gasteiger partial charge in [-0.1, -0.05) is 17.7 Å². The van der Waals surface area contributed by atoms with Gasteiger partial charge in [-0.15, -0.1) is 0 Å².